The molecule has 456 valence electrons. The Morgan fingerprint density at radius 2 is 0.782 bits per heavy atom. The van der Waals surface area contributed by atoms with Crippen LogP contribution in [0.1, 0.15) is 258 Å². The molecule has 2 fully saturated rings. The SMILES string of the molecule is CCCCC/C=C/C/C=C/CCCCCCCCCCCC(=O)OC[C@H](CO[C@H]1O[C@@H](CO[C@H]2O[C@@H](CO)[C@@H](O)C(O)C2O)[C@@H](O)C(O)C1O)OC(=O)CCC/C=C/CCCCCCCCCCCCCCCCCCCC. The molecule has 11 atom stereocenters. The molecule has 4 unspecified atom stereocenters. The van der Waals surface area contributed by atoms with Gasteiger partial charge < -0.3 is 64.2 Å². The van der Waals surface area contributed by atoms with Crippen LogP contribution in [-0.2, 0) is 38.0 Å². The number of allylic oxidation sites excluding steroid dienone is 6. The Kier molecular flexibility index (Phi) is 45.4. The lowest BCUT2D eigenvalue weighted by Crippen LogP contribution is -2.61. The maximum absolute atomic E-state index is 13.1. The van der Waals surface area contributed by atoms with Crippen LogP contribution in [0.15, 0.2) is 36.5 Å². The lowest BCUT2D eigenvalue weighted by molar-refractivity contribution is -0.332. The maximum Gasteiger partial charge on any atom is 0.306 e. The average molecular weight is 1110 g/mol. The Hall–Kier alpha value is -2.28. The van der Waals surface area contributed by atoms with Gasteiger partial charge >= 0.3 is 11.9 Å². The van der Waals surface area contributed by atoms with E-state index in [-0.39, 0.29) is 19.4 Å². The Bertz CT molecular complexity index is 1490. The Morgan fingerprint density at radius 3 is 1.27 bits per heavy atom. The van der Waals surface area contributed by atoms with E-state index in [1.165, 1.54) is 167 Å². The van der Waals surface area contributed by atoms with Crippen molar-refractivity contribution in [3.8, 4) is 0 Å². The third kappa shape index (κ3) is 35.5. The first-order chi connectivity index (χ1) is 38.0. The minimum atomic E-state index is -1.77. The number of unbranched alkanes of at least 4 members (excludes halogenated alkanes) is 31. The zero-order valence-corrected chi connectivity index (χ0v) is 48.9. The number of aliphatic hydroxyl groups excluding tert-OH is 7. The first-order valence-electron chi connectivity index (χ1n) is 31.6. The van der Waals surface area contributed by atoms with E-state index in [1.807, 2.05) is 0 Å². The van der Waals surface area contributed by atoms with Gasteiger partial charge in [-0.25, -0.2) is 0 Å². The molecule has 0 radical (unpaired) electrons. The van der Waals surface area contributed by atoms with E-state index >= 15 is 0 Å². The molecule has 0 saturated carbocycles. The third-order valence-corrected chi connectivity index (χ3v) is 15.1. The lowest BCUT2D eigenvalue weighted by Gasteiger charge is -2.42. The molecule has 2 heterocycles. The lowest BCUT2D eigenvalue weighted by atomic mass is 9.98. The van der Waals surface area contributed by atoms with Gasteiger partial charge in [0, 0.05) is 12.8 Å². The molecule has 0 aromatic carbocycles. The van der Waals surface area contributed by atoms with Gasteiger partial charge in [-0.1, -0.05) is 217 Å². The first-order valence-corrected chi connectivity index (χ1v) is 31.6. The smallest absolute Gasteiger partial charge is 0.306 e. The molecule has 0 amide bonds. The van der Waals surface area contributed by atoms with Crippen molar-refractivity contribution >= 4 is 11.9 Å². The summed E-state index contributed by atoms with van der Waals surface area (Å²) >= 11 is 0. The fraction of sp³-hybridized carbons (Fsp3) is 0.873. The van der Waals surface area contributed by atoms with E-state index in [1.54, 1.807) is 0 Å². The quantitative estimate of drug-likeness (QED) is 0.0171. The van der Waals surface area contributed by atoms with Crippen LogP contribution in [0.5, 0.6) is 0 Å². The summed E-state index contributed by atoms with van der Waals surface area (Å²) in [6, 6.07) is 0. The van der Waals surface area contributed by atoms with Crippen LogP contribution < -0.4 is 0 Å². The van der Waals surface area contributed by atoms with Crippen molar-refractivity contribution in [2.75, 3.05) is 26.4 Å². The molecular formula is C63H114O15. The molecule has 0 aromatic heterocycles. The number of hydrogen-bond donors (Lipinski definition) is 7. The van der Waals surface area contributed by atoms with Crippen LogP contribution in [0.3, 0.4) is 0 Å². The minimum Gasteiger partial charge on any atom is -0.462 e. The number of ether oxygens (including phenoxy) is 6. The number of hydrogen-bond acceptors (Lipinski definition) is 15. The highest BCUT2D eigenvalue weighted by Gasteiger charge is 2.47. The summed E-state index contributed by atoms with van der Waals surface area (Å²) in [5.41, 5.74) is 0. The monoisotopic (exact) mass is 1110 g/mol. The standard InChI is InChI=1S/C63H114O15/c1-3-5-7-9-11-13-15-17-19-21-23-24-25-26-28-30-32-34-36-38-40-42-44-46-55(66)76-51(48-73-54(65)45-43-41-39-37-35-33-31-29-27-22-20-18-16-14-12-10-8-6-4-2)49-74-62-61(72)59(70)57(68)53(78-62)50-75-63-60(71)58(69)56(67)52(47-64)77-63/h12,14,18,20,38,40,51-53,56-64,67-72H,3-11,13,15-17,19,21-37,39,41-50H2,1-2H3/b14-12+,20-18+,40-38+/t51-,52+,53+,56-,57-,58?,59?,60?,61?,62+,63+/m1/s1. The van der Waals surface area contributed by atoms with Crippen molar-refractivity contribution < 1.29 is 73.8 Å². The van der Waals surface area contributed by atoms with E-state index < -0.39 is 99.3 Å². The highest BCUT2D eigenvalue weighted by atomic mass is 16.7. The summed E-state index contributed by atoms with van der Waals surface area (Å²) < 4.78 is 33.7. The Balaban J connectivity index is 1.72. The number of carbonyl (C=O) groups excluding carboxylic acids is 2. The first kappa shape index (κ1) is 71.8. The van der Waals surface area contributed by atoms with Crippen molar-refractivity contribution in [2.45, 2.75) is 325 Å². The van der Waals surface area contributed by atoms with Crippen LogP contribution >= 0.6 is 0 Å². The van der Waals surface area contributed by atoms with Crippen LogP contribution in [0.25, 0.3) is 0 Å². The molecule has 0 bridgehead atoms. The summed E-state index contributed by atoms with van der Waals surface area (Å²) in [5, 5.41) is 72.4. The second kappa shape index (κ2) is 49.3. The third-order valence-electron chi connectivity index (χ3n) is 15.1. The summed E-state index contributed by atoms with van der Waals surface area (Å²) in [6.07, 6.45) is 40.3. The summed E-state index contributed by atoms with van der Waals surface area (Å²) in [6.45, 7) is 2.59. The molecule has 0 aliphatic carbocycles. The molecule has 0 spiro atoms. The fourth-order valence-corrected chi connectivity index (χ4v) is 9.96. The zero-order valence-electron chi connectivity index (χ0n) is 48.9. The molecule has 2 saturated heterocycles. The zero-order chi connectivity index (χ0) is 56.7. The van der Waals surface area contributed by atoms with Gasteiger partial charge in [-0.05, 0) is 64.2 Å². The summed E-state index contributed by atoms with van der Waals surface area (Å²) in [7, 11) is 0. The predicted octanol–water partition coefficient (Wildman–Crippen LogP) is 11.6. The average Bonchev–Trinajstić information content (AvgIpc) is 3.43. The number of esters is 2. The van der Waals surface area contributed by atoms with Gasteiger partial charge in [-0.2, -0.15) is 0 Å². The van der Waals surface area contributed by atoms with Crippen LogP contribution in [-0.4, -0.2) is 142 Å². The van der Waals surface area contributed by atoms with Crippen LogP contribution in [0.4, 0.5) is 0 Å². The van der Waals surface area contributed by atoms with Crippen molar-refractivity contribution in [1.82, 2.24) is 0 Å². The minimum absolute atomic E-state index is 0.119. The number of rotatable bonds is 51. The van der Waals surface area contributed by atoms with E-state index in [0.717, 1.165) is 44.9 Å². The van der Waals surface area contributed by atoms with E-state index in [0.29, 0.717) is 19.3 Å². The molecule has 2 rings (SSSR count). The van der Waals surface area contributed by atoms with Gasteiger partial charge in [0.25, 0.3) is 0 Å². The Morgan fingerprint density at radius 1 is 0.410 bits per heavy atom. The van der Waals surface area contributed by atoms with E-state index in [4.69, 9.17) is 28.4 Å². The van der Waals surface area contributed by atoms with Gasteiger partial charge in [0.05, 0.1) is 19.8 Å². The topological polar surface area (TPSA) is 231 Å². The molecule has 2 aliphatic rings. The molecule has 15 nitrogen and oxygen atoms in total. The van der Waals surface area contributed by atoms with Gasteiger partial charge in [-0.3, -0.25) is 9.59 Å². The van der Waals surface area contributed by atoms with E-state index in [9.17, 15) is 45.3 Å². The van der Waals surface area contributed by atoms with Gasteiger partial charge in [0.1, 0.15) is 55.4 Å². The molecule has 0 aromatic rings. The summed E-state index contributed by atoms with van der Waals surface area (Å²) in [4.78, 5) is 25.9. The van der Waals surface area contributed by atoms with Crippen molar-refractivity contribution in [2.24, 2.45) is 0 Å². The predicted molar refractivity (Wildman–Crippen MR) is 307 cm³/mol. The van der Waals surface area contributed by atoms with Crippen LogP contribution in [0.2, 0.25) is 0 Å². The Labute approximate surface area is 472 Å². The van der Waals surface area contributed by atoms with Crippen molar-refractivity contribution in [1.29, 1.82) is 0 Å². The number of aliphatic hydroxyl groups is 7. The van der Waals surface area contributed by atoms with Crippen molar-refractivity contribution in [3.05, 3.63) is 36.5 Å². The van der Waals surface area contributed by atoms with Crippen LogP contribution in [0, 0.1) is 0 Å². The highest BCUT2D eigenvalue weighted by molar-refractivity contribution is 5.70. The van der Waals surface area contributed by atoms with Crippen molar-refractivity contribution in [3.63, 3.8) is 0 Å². The highest BCUT2D eigenvalue weighted by Crippen LogP contribution is 2.27. The normalized spacial score (nSPS) is 24.2. The van der Waals surface area contributed by atoms with Gasteiger partial charge in [-0.15, -0.1) is 0 Å². The second-order valence-corrected chi connectivity index (χ2v) is 22.2. The van der Waals surface area contributed by atoms with Gasteiger partial charge in [0.2, 0.25) is 0 Å². The van der Waals surface area contributed by atoms with E-state index in [2.05, 4.69) is 50.3 Å². The second-order valence-electron chi connectivity index (χ2n) is 22.2. The van der Waals surface area contributed by atoms with Gasteiger partial charge in [0.15, 0.2) is 18.7 Å². The summed E-state index contributed by atoms with van der Waals surface area (Å²) in [5.74, 6) is -0.956. The molecule has 2 aliphatic heterocycles. The largest absolute Gasteiger partial charge is 0.462 e. The molecule has 7 N–H and O–H groups in total. The maximum atomic E-state index is 13.1. The molecular weight excluding hydrogens is 997 g/mol. The molecule has 15 heteroatoms. The fourth-order valence-electron chi connectivity index (χ4n) is 9.96. The number of carbonyl (C=O) groups is 2. The molecule has 78 heavy (non-hydrogen) atoms.